The van der Waals surface area contributed by atoms with Crippen molar-refractivity contribution in [3.05, 3.63) is 0 Å². The minimum Gasteiger partial charge on any atom is -0.444 e. The highest BCUT2D eigenvalue weighted by Gasteiger charge is 2.27. The van der Waals surface area contributed by atoms with E-state index >= 15 is 0 Å². The van der Waals surface area contributed by atoms with E-state index in [1.54, 1.807) is 0 Å². The summed E-state index contributed by atoms with van der Waals surface area (Å²) in [7, 11) is 0. The molecule has 0 aliphatic heterocycles. The Balaban J connectivity index is 2.53. The van der Waals surface area contributed by atoms with Crippen LogP contribution in [0, 0.1) is 0 Å². The number of aliphatic imine (C=N–C) groups is 1. The number of hydrogen-bond acceptors (Lipinski definition) is 4. The Labute approximate surface area is 108 Å². The smallest absolute Gasteiger partial charge is 0.407 e. The molecule has 1 rings (SSSR count). The molecule has 1 fully saturated rings. The van der Waals surface area contributed by atoms with Gasteiger partial charge in [-0.2, -0.15) is 0 Å². The lowest BCUT2D eigenvalue weighted by molar-refractivity contribution is 0.0486. The first kappa shape index (κ1) is 14.1. The summed E-state index contributed by atoms with van der Waals surface area (Å²) in [5, 5.41) is 5.27. The van der Waals surface area contributed by atoms with Crippen molar-refractivity contribution < 1.29 is 9.53 Å². The van der Waals surface area contributed by atoms with Crippen LogP contribution < -0.4 is 5.32 Å². The van der Waals surface area contributed by atoms with Crippen molar-refractivity contribution in [2.75, 3.05) is 0 Å². The van der Waals surface area contributed by atoms with E-state index in [1.165, 1.54) is 0 Å². The Bertz CT molecular complexity index is 319. The van der Waals surface area contributed by atoms with Gasteiger partial charge in [-0.3, -0.25) is 0 Å². The number of thiocarbonyl (C=S) groups is 1. The maximum atomic E-state index is 11.7. The van der Waals surface area contributed by atoms with Crippen molar-refractivity contribution in [2.24, 2.45) is 4.99 Å². The van der Waals surface area contributed by atoms with Crippen molar-refractivity contribution in [2.45, 2.75) is 64.1 Å². The Morgan fingerprint density at radius 3 is 2.65 bits per heavy atom. The average Bonchev–Trinajstić information content (AvgIpc) is 2.18. The minimum absolute atomic E-state index is 0.0223. The van der Waals surface area contributed by atoms with E-state index in [2.05, 4.69) is 27.7 Å². The van der Waals surface area contributed by atoms with E-state index in [-0.39, 0.29) is 18.2 Å². The van der Waals surface area contributed by atoms with Crippen LogP contribution in [0.2, 0.25) is 0 Å². The predicted octanol–water partition coefficient (Wildman–Crippen LogP) is 2.93. The summed E-state index contributed by atoms with van der Waals surface area (Å²) >= 11 is 4.63. The van der Waals surface area contributed by atoms with Crippen LogP contribution in [-0.4, -0.2) is 28.9 Å². The first-order valence-corrected chi connectivity index (χ1v) is 6.40. The third-order valence-electron chi connectivity index (χ3n) is 2.65. The lowest BCUT2D eigenvalue weighted by atomic mass is 9.91. The molecule has 1 N–H and O–H groups in total. The van der Waals surface area contributed by atoms with Gasteiger partial charge in [-0.05, 0) is 45.8 Å². The van der Waals surface area contributed by atoms with E-state index in [1.807, 2.05) is 20.8 Å². The zero-order chi connectivity index (χ0) is 12.9. The van der Waals surface area contributed by atoms with Crippen molar-refractivity contribution in [1.82, 2.24) is 5.32 Å². The number of nitrogens with one attached hydrogen (secondary N) is 1. The fourth-order valence-corrected chi connectivity index (χ4v) is 2.10. The molecule has 1 saturated carbocycles. The molecule has 0 saturated heterocycles. The van der Waals surface area contributed by atoms with Gasteiger partial charge in [0.25, 0.3) is 0 Å². The number of isothiocyanates is 1. The van der Waals surface area contributed by atoms with Gasteiger partial charge in [-0.15, -0.1) is 0 Å². The maximum absolute atomic E-state index is 11.7. The van der Waals surface area contributed by atoms with Crippen LogP contribution in [0.4, 0.5) is 4.79 Å². The molecule has 4 nitrogen and oxygen atoms in total. The zero-order valence-corrected chi connectivity index (χ0v) is 11.5. The second kappa shape index (κ2) is 6.12. The number of alkyl carbamates (subject to hydrolysis) is 1. The first-order chi connectivity index (χ1) is 7.92. The van der Waals surface area contributed by atoms with Crippen molar-refractivity contribution >= 4 is 23.5 Å². The van der Waals surface area contributed by atoms with Crippen LogP contribution in [0.25, 0.3) is 0 Å². The van der Waals surface area contributed by atoms with Gasteiger partial charge in [0.1, 0.15) is 5.60 Å². The van der Waals surface area contributed by atoms with Gasteiger partial charge in [-0.25, -0.2) is 9.79 Å². The monoisotopic (exact) mass is 256 g/mol. The van der Waals surface area contributed by atoms with E-state index in [9.17, 15) is 4.79 Å². The number of carbonyl (C=O) groups excluding carboxylic acids is 1. The topological polar surface area (TPSA) is 50.7 Å². The van der Waals surface area contributed by atoms with Crippen LogP contribution in [-0.2, 0) is 4.74 Å². The van der Waals surface area contributed by atoms with E-state index in [4.69, 9.17) is 4.74 Å². The zero-order valence-electron chi connectivity index (χ0n) is 10.7. The molecule has 1 aliphatic carbocycles. The van der Waals surface area contributed by atoms with Gasteiger partial charge in [0.15, 0.2) is 0 Å². The van der Waals surface area contributed by atoms with Gasteiger partial charge < -0.3 is 10.1 Å². The Morgan fingerprint density at radius 1 is 1.41 bits per heavy atom. The predicted molar refractivity (Wildman–Crippen MR) is 70.4 cm³/mol. The molecule has 0 aromatic heterocycles. The lowest BCUT2D eigenvalue weighted by Crippen LogP contribution is -2.46. The van der Waals surface area contributed by atoms with Gasteiger partial charge in [0, 0.05) is 0 Å². The molecular formula is C12H20N2O2S. The molecule has 1 aliphatic rings. The molecule has 2 atom stereocenters. The number of hydrogen-bond donors (Lipinski definition) is 1. The second-order valence-corrected chi connectivity index (χ2v) is 5.51. The van der Waals surface area contributed by atoms with Crippen molar-refractivity contribution in [1.29, 1.82) is 0 Å². The molecule has 0 spiro atoms. The number of carbonyl (C=O) groups is 1. The van der Waals surface area contributed by atoms with Gasteiger partial charge in [-0.1, -0.05) is 12.8 Å². The third-order valence-corrected chi connectivity index (χ3v) is 2.76. The van der Waals surface area contributed by atoms with Crippen LogP contribution in [0.1, 0.15) is 46.5 Å². The number of amides is 1. The quantitative estimate of drug-likeness (QED) is 0.610. The molecule has 17 heavy (non-hydrogen) atoms. The highest BCUT2D eigenvalue weighted by atomic mass is 32.1. The minimum atomic E-state index is -0.471. The SMILES string of the molecule is CC(C)(C)OC(=O)N[C@@H]1CCCC[C@H]1N=C=S. The summed E-state index contributed by atoms with van der Waals surface area (Å²) in [6.45, 7) is 5.54. The summed E-state index contributed by atoms with van der Waals surface area (Å²) in [5.74, 6) is 0. The summed E-state index contributed by atoms with van der Waals surface area (Å²) in [6.07, 6.45) is 3.71. The molecule has 0 radical (unpaired) electrons. The number of nitrogens with zero attached hydrogens (tertiary/aromatic N) is 1. The van der Waals surface area contributed by atoms with E-state index in [0.29, 0.717) is 0 Å². The van der Waals surface area contributed by atoms with Crippen molar-refractivity contribution in [3.8, 4) is 0 Å². The molecule has 0 aromatic carbocycles. The average molecular weight is 256 g/mol. The summed E-state index contributed by atoms with van der Waals surface area (Å²) in [5.41, 5.74) is -0.471. The standard InChI is InChI=1S/C12H20N2O2S/c1-12(2,3)16-11(15)14-10-7-5-4-6-9(10)13-8-17/h9-10H,4-7H2,1-3H3,(H,14,15)/t9-,10-/m1/s1. The second-order valence-electron chi connectivity index (χ2n) is 5.32. The summed E-state index contributed by atoms with van der Waals surface area (Å²) in [6, 6.07) is 0.0721. The van der Waals surface area contributed by atoms with Gasteiger partial charge in [0.2, 0.25) is 0 Å². The fraction of sp³-hybridized carbons (Fsp3) is 0.833. The molecule has 0 unspecified atom stereocenters. The molecule has 0 aromatic rings. The normalized spacial score (nSPS) is 24.6. The molecule has 0 heterocycles. The lowest BCUT2D eigenvalue weighted by Gasteiger charge is -2.29. The maximum Gasteiger partial charge on any atom is 0.407 e. The number of rotatable bonds is 2. The largest absolute Gasteiger partial charge is 0.444 e. The third kappa shape index (κ3) is 5.29. The van der Waals surface area contributed by atoms with Crippen molar-refractivity contribution in [3.63, 3.8) is 0 Å². The van der Waals surface area contributed by atoms with E-state index in [0.717, 1.165) is 25.7 Å². The Morgan fingerprint density at radius 2 is 2.06 bits per heavy atom. The van der Waals surface area contributed by atoms with Crippen LogP contribution in [0.15, 0.2) is 4.99 Å². The van der Waals surface area contributed by atoms with Gasteiger partial charge in [0.05, 0.1) is 17.2 Å². The van der Waals surface area contributed by atoms with Crippen LogP contribution in [0.3, 0.4) is 0 Å². The highest BCUT2D eigenvalue weighted by molar-refractivity contribution is 7.78. The van der Waals surface area contributed by atoms with E-state index < -0.39 is 5.60 Å². The summed E-state index contributed by atoms with van der Waals surface area (Å²) in [4.78, 5) is 15.8. The van der Waals surface area contributed by atoms with Crippen LogP contribution in [0.5, 0.6) is 0 Å². The molecule has 5 heteroatoms. The Kier molecular flexibility index (Phi) is 5.09. The fourth-order valence-electron chi connectivity index (χ4n) is 1.96. The highest BCUT2D eigenvalue weighted by Crippen LogP contribution is 2.21. The summed E-state index contributed by atoms with van der Waals surface area (Å²) < 4.78 is 5.23. The first-order valence-electron chi connectivity index (χ1n) is 5.99. The molecule has 96 valence electrons. The Hall–Kier alpha value is -0.930. The molecule has 0 bridgehead atoms. The molecular weight excluding hydrogens is 236 g/mol. The van der Waals surface area contributed by atoms with Gasteiger partial charge >= 0.3 is 6.09 Å². The van der Waals surface area contributed by atoms with Crippen LogP contribution >= 0.6 is 12.2 Å². The number of ether oxygens (including phenoxy) is 1. The molecule has 1 amide bonds.